The summed E-state index contributed by atoms with van der Waals surface area (Å²) in [6.07, 6.45) is 1.99. The van der Waals surface area contributed by atoms with Gasteiger partial charge in [-0.1, -0.05) is 13.8 Å². The van der Waals surface area contributed by atoms with Crippen LogP contribution in [0.1, 0.15) is 37.8 Å². The molecule has 3 rings (SSSR count). The number of carbonyl (C=O) groups excluding carboxylic acids is 2. The van der Waals surface area contributed by atoms with Gasteiger partial charge in [0, 0.05) is 17.0 Å². The fourth-order valence-corrected chi connectivity index (χ4v) is 4.29. The van der Waals surface area contributed by atoms with E-state index in [-0.39, 0.29) is 31.1 Å². The van der Waals surface area contributed by atoms with E-state index in [0.717, 1.165) is 11.1 Å². The molecular weight excluding hydrogens is 419 g/mol. The molecule has 0 saturated heterocycles. The highest BCUT2D eigenvalue weighted by atomic mass is 16.7. The van der Waals surface area contributed by atoms with Gasteiger partial charge in [-0.15, -0.1) is 0 Å². The van der Waals surface area contributed by atoms with Crippen LogP contribution in [0.2, 0.25) is 0 Å². The number of hydrogen-bond donors (Lipinski definition) is 4. The minimum Gasteiger partial charge on any atom is -0.492 e. The van der Waals surface area contributed by atoms with Crippen molar-refractivity contribution in [2.45, 2.75) is 45.5 Å². The van der Waals surface area contributed by atoms with Gasteiger partial charge < -0.3 is 39.6 Å². The van der Waals surface area contributed by atoms with Crippen LogP contribution in [-0.2, 0) is 22.4 Å². The van der Waals surface area contributed by atoms with Crippen LogP contribution in [0.15, 0.2) is 0 Å². The first kappa shape index (κ1) is 24.0. The number of methoxy groups -OCH3 is 2. The molecule has 1 aliphatic carbocycles. The molecule has 4 N–H and O–H groups in total. The van der Waals surface area contributed by atoms with Crippen molar-refractivity contribution in [2.75, 3.05) is 27.6 Å². The van der Waals surface area contributed by atoms with Crippen LogP contribution in [0.25, 0.3) is 0 Å². The van der Waals surface area contributed by atoms with Crippen LogP contribution < -0.4 is 29.6 Å². The summed E-state index contributed by atoms with van der Waals surface area (Å²) >= 11 is 0. The number of amides is 2. The van der Waals surface area contributed by atoms with Gasteiger partial charge in [0.05, 0.1) is 26.7 Å². The molecule has 1 aromatic carbocycles. The zero-order chi connectivity index (χ0) is 23.4. The van der Waals surface area contributed by atoms with E-state index in [0.29, 0.717) is 48.7 Å². The summed E-state index contributed by atoms with van der Waals surface area (Å²) in [5.74, 6) is 0.422. The van der Waals surface area contributed by atoms with Gasteiger partial charge in [-0.3, -0.25) is 9.59 Å². The molecule has 0 aromatic heterocycles. The summed E-state index contributed by atoms with van der Waals surface area (Å²) in [6.45, 7) is 3.66. The summed E-state index contributed by atoms with van der Waals surface area (Å²) in [5.41, 5.74) is 1.79. The van der Waals surface area contributed by atoms with Crippen LogP contribution >= 0.6 is 0 Å². The molecule has 2 amide bonds. The highest BCUT2D eigenvalue weighted by Crippen LogP contribution is 2.54. The van der Waals surface area contributed by atoms with Gasteiger partial charge in [0.2, 0.25) is 30.1 Å². The molecule has 2 atom stereocenters. The van der Waals surface area contributed by atoms with E-state index in [9.17, 15) is 19.6 Å². The number of ether oxygens (including phenoxy) is 4. The Kier molecular flexibility index (Phi) is 7.73. The van der Waals surface area contributed by atoms with Crippen molar-refractivity contribution in [3.8, 4) is 23.0 Å². The fraction of sp³-hybridized carbons (Fsp3) is 0.619. The number of hydrogen-bond acceptors (Lipinski definition) is 8. The summed E-state index contributed by atoms with van der Waals surface area (Å²) in [6, 6.07) is 0. The summed E-state index contributed by atoms with van der Waals surface area (Å²) < 4.78 is 22.3. The van der Waals surface area contributed by atoms with Crippen LogP contribution in [0.3, 0.4) is 0 Å². The fourth-order valence-electron chi connectivity index (χ4n) is 4.29. The maximum Gasteiger partial charge on any atom is 0.475 e. The molecule has 0 radical (unpaired) electrons. The van der Waals surface area contributed by atoms with E-state index in [2.05, 4.69) is 10.6 Å². The Hall–Kier alpha value is -2.66. The highest BCUT2D eigenvalue weighted by Gasteiger charge is 2.36. The molecule has 0 spiro atoms. The quantitative estimate of drug-likeness (QED) is 0.392. The van der Waals surface area contributed by atoms with Gasteiger partial charge in [-0.25, -0.2) is 0 Å². The van der Waals surface area contributed by atoms with Crippen LogP contribution in [0.5, 0.6) is 23.0 Å². The van der Waals surface area contributed by atoms with Gasteiger partial charge >= 0.3 is 7.12 Å². The standard InChI is InChI=1S/C21H31BN2O8/c1-11(2)7-15(22(27)28)24-16(25)9-23-21(26)12-5-6-13-14(8-12)18-20(32-10-31-18)19(30-4)17(13)29-3/h11-12,15,27-28H,5-10H2,1-4H3,(H,23,26)(H,24,25). The predicted octanol–water partition coefficient (Wildman–Crippen LogP) is 0.197. The van der Waals surface area contributed by atoms with Crippen molar-refractivity contribution in [2.24, 2.45) is 11.8 Å². The minimum absolute atomic E-state index is 0.0661. The molecule has 11 heteroatoms. The zero-order valence-electron chi connectivity index (χ0n) is 18.9. The van der Waals surface area contributed by atoms with Gasteiger partial charge in [-0.2, -0.15) is 0 Å². The topological polar surface area (TPSA) is 136 Å². The Balaban J connectivity index is 1.65. The molecule has 2 unspecified atom stereocenters. The monoisotopic (exact) mass is 450 g/mol. The lowest BCUT2D eigenvalue weighted by Crippen LogP contribution is -2.50. The second-order valence-corrected chi connectivity index (χ2v) is 8.46. The van der Waals surface area contributed by atoms with Gasteiger partial charge in [0.15, 0.2) is 11.5 Å². The Morgan fingerprint density at radius 1 is 1.12 bits per heavy atom. The zero-order valence-corrected chi connectivity index (χ0v) is 18.9. The molecule has 0 bridgehead atoms. The molecule has 1 aliphatic heterocycles. The predicted molar refractivity (Wildman–Crippen MR) is 116 cm³/mol. The summed E-state index contributed by atoms with van der Waals surface area (Å²) in [7, 11) is 1.44. The van der Waals surface area contributed by atoms with Crippen molar-refractivity contribution in [3.63, 3.8) is 0 Å². The van der Waals surface area contributed by atoms with Crippen LogP contribution in [-0.4, -0.2) is 62.5 Å². The Labute approximate surface area is 187 Å². The second-order valence-electron chi connectivity index (χ2n) is 8.46. The van der Waals surface area contributed by atoms with Crippen molar-refractivity contribution < 1.29 is 38.6 Å². The van der Waals surface area contributed by atoms with Gasteiger partial charge in [0.25, 0.3) is 0 Å². The average Bonchev–Trinajstić information content (AvgIpc) is 3.25. The lowest BCUT2D eigenvalue weighted by Gasteiger charge is -2.27. The van der Waals surface area contributed by atoms with Crippen molar-refractivity contribution in [1.82, 2.24) is 10.6 Å². The third kappa shape index (κ3) is 5.04. The number of fused-ring (bicyclic) bond motifs is 3. The molecule has 1 aromatic rings. The summed E-state index contributed by atoms with van der Waals surface area (Å²) in [4.78, 5) is 25.0. The van der Waals surface area contributed by atoms with Crippen LogP contribution in [0, 0.1) is 11.8 Å². The van der Waals surface area contributed by atoms with Crippen molar-refractivity contribution in [3.05, 3.63) is 11.1 Å². The van der Waals surface area contributed by atoms with Crippen LogP contribution in [0.4, 0.5) is 0 Å². The van der Waals surface area contributed by atoms with E-state index >= 15 is 0 Å². The highest BCUT2D eigenvalue weighted by molar-refractivity contribution is 6.43. The Morgan fingerprint density at radius 2 is 1.81 bits per heavy atom. The lowest BCUT2D eigenvalue weighted by atomic mass is 9.75. The number of nitrogens with one attached hydrogen (secondary N) is 2. The third-order valence-electron chi connectivity index (χ3n) is 5.76. The van der Waals surface area contributed by atoms with Gasteiger partial charge in [-0.05, 0) is 31.6 Å². The number of benzene rings is 1. The van der Waals surface area contributed by atoms with E-state index in [4.69, 9.17) is 18.9 Å². The van der Waals surface area contributed by atoms with E-state index < -0.39 is 19.0 Å². The Bertz CT molecular complexity index is 861. The van der Waals surface area contributed by atoms with Crippen molar-refractivity contribution >= 4 is 18.9 Å². The molecule has 0 fully saturated rings. The summed E-state index contributed by atoms with van der Waals surface area (Å²) in [5, 5.41) is 24.1. The molecule has 176 valence electrons. The van der Waals surface area contributed by atoms with E-state index in [1.54, 1.807) is 7.11 Å². The lowest BCUT2D eigenvalue weighted by molar-refractivity contribution is -0.129. The first-order chi connectivity index (χ1) is 15.3. The third-order valence-corrected chi connectivity index (χ3v) is 5.76. The molecule has 32 heavy (non-hydrogen) atoms. The van der Waals surface area contributed by atoms with E-state index in [1.165, 1.54) is 7.11 Å². The smallest absolute Gasteiger partial charge is 0.475 e. The average molecular weight is 450 g/mol. The molecule has 10 nitrogen and oxygen atoms in total. The SMILES string of the molecule is COc1c2c(c3c(c1OC)OCO3)CC(C(=O)NCC(=O)NC(CC(C)C)B(O)O)CC2. The molecule has 2 aliphatic rings. The van der Waals surface area contributed by atoms with E-state index in [1.807, 2.05) is 13.8 Å². The molecule has 0 saturated carbocycles. The van der Waals surface area contributed by atoms with Crippen molar-refractivity contribution in [1.29, 1.82) is 0 Å². The minimum atomic E-state index is -1.66. The molecule has 1 heterocycles. The second kappa shape index (κ2) is 10.3. The largest absolute Gasteiger partial charge is 0.492 e. The maximum absolute atomic E-state index is 12.8. The first-order valence-corrected chi connectivity index (χ1v) is 10.7. The first-order valence-electron chi connectivity index (χ1n) is 10.7. The normalized spacial score (nSPS) is 17.4. The number of carbonyl (C=O) groups is 2. The maximum atomic E-state index is 12.8. The number of rotatable bonds is 9. The molecular formula is C21H31BN2O8. The van der Waals surface area contributed by atoms with Gasteiger partial charge in [0.1, 0.15) is 0 Å². The Morgan fingerprint density at radius 3 is 2.44 bits per heavy atom.